The summed E-state index contributed by atoms with van der Waals surface area (Å²) in [5.74, 6) is 0. The van der Waals surface area contributed by atoms with Crippen molar-refractivity contribution in [2.75, 3.05) is 6.26 Å². The first-order valence-electron chi connectivity index (χ1n) is 5.93. The molecule has 18 heavy (non-hydrogen) atoms. The van der Waals surface area contributed by atoms with Gasteiger partial charge in [0.25, 0.3) is 0 Å². The molecule has 0 bridgehead atoms. The predicted octanol–water partition coefficient (Wildman–Crippen LogP) is 3.00. The van der Waals surface area contributed by atoms with Crippen LogP contribution in [0.25, 0.3) is 11.1 Å². The van der Waals surface area contributed by atoms with Crippen molar-refractivity contribution in [3.05, 3.63) is 59.7 Å². The van der Waals surface area contributed by atoms with Gasteiger partial charge in [0.05, 0.1) is 5.25 Å². The minimum atomic E-state index is -3.08. The lowest BCUT2D eigenvalue weighted by Gasteiger charge is -2.26. The van der Waals surface area contributed by atoms with Crippen LogP contribution in [0.15, 0.2) is 48.5 Å². The molecule has 2 aromatic rings. The van der Waals surface area contributed by atoms with Gasteiger partial charge in [0, 0.05) is 6.26 Å². The lowest BCUT2D eigenvalue weighted by atomic mass is 9.85. The Bertz CT molecular complexity index is 702. The van der Waals surface area contributed by atoms with Gasteiger partial charge >= 0.3 is 0 Å². The Morgan fingerprint density at radius 3 is 2.28 bits per heavy atom. The van der Waals surface area contributed by atoms with E-state index in [9.17, 15) is 8.42 Å². The molecule has 0 radical (unpaired) electrons. The Labute approximate surface area is 107 Å². The summed E-state index contributed by atoms with van der Waals surface area (Å²) in [7, 11) is -3.08. The van der Waals surface area contributed by atoms with Gasteiger partial charge in [-0.3, -0.25) is 0 Å². The van der Waals surface area contributed by atoms with Gasteiger partial charge in [-0.1, -0.05) is 48.5 Å². The van der Waals surface area contributed by atoms with E-state index in [1.165, 1.54) is 6.26 Å². The van der Waals surface area contributed by atoms with Crippen LogP contribution < -0.4 is 0 Å². The maximum atomic E-state index is 12.0. The number of hydrogen-bond donors (Lipinski definition) is 0. The summed E-state index contributed by atoms with van der Waals surface area (Å²) >= 11 is 0. The van der Waals surface area contributed by atoms with E-state index in [1.54, 1.807) is 0 Å². The Morgan fingerprint density at radius 2 is 1.56 bits per heavy atom. The molecule has 0 heterocycles. The monoisotopic (exact) mass is 258 g/mol. The fraction of sp³-hybridized carbons (Fsp3) is 0.200. The normalized spacial score (nSPS) is 17.9. The van der Waals surface area contributed by atoms with Gasteiger partial charge in [0.2, 0.25) is 0 Å². The molecule has 1 aliphatic rings. The van der Waals surface area contributed by atoms with Crippen molar-refractivity contribution in [3.63, 3.8) is 0 Å². The zero-order valence-electron chi connectivity index (χ0n) is 10.1. The van der Waals surface area contributed by atoms with Crippen LogP contribution in [-0.2, 0) is 16.3 Å². The summed E-state index contributed by atoms with van der Waals surface area (Å²) in [6.07, 6.45) is 1.90. The number of sulfone groups is 1. The standard InChI is InChI=1S/C15H14O2S/c1-18(16,17)15-10-11-6-2-3-7-12(11)13-8-4-5-9-14(13)15/h2-9,15H,10H2,1H3/t15-/m1/s1. The van der Waals surface area contributed by atoms with Gasteiger partial charge < -0.3 is 0 Å². The maximum absolute atomic E-state index is 12.0. The topological polar surface area (TPSA) is 34.1 Å². The lowest BCUT2D eigenvalue weighted by Crippen LogP contribution is -2.19. The van der Waals surface area contributed by atoms with Crippen LogP contribution >= 0.6 is 0 Å². The molecule has 1 atom stereocenters. The molecule has 0 N–H and O–H groups in total. The molecule has 2 aromatic carbocycles. The molecule has 0 saturated carbocycles. The minimum absolute atomic E-state index is 0.413. The van der Waals surface area contributed by atoms with E-state index in [2.05, 4.69) is 6.07 Å². The minimum Gasteiger partial charge on any atom is -0.228 e. The van der Waals surface area contributed by atoms with E-state index in [1.807, 2.05) is 42.5 Å². The van der Waals surface area contributed by atoms with Crippen LogP contribution in [0.4, 0.5) is 0 Å². The molecular formula is C15H14O2S. The van der Waals surface area contributed by atoms with Gasteiger partial charge in [-0.15, -0.1) is 0 Å². The molecule has 0 aliphatic heterocycles. The van der Waals surface area contributed by atoms with E-state index in [0.717, 1.165) is 22.3 Å². The molecule has 92 valence electrons. The van der Waals surface area contributed by atoms with Crippen LogP contribution in [0.5, 0.6) is 0 Å². The number of fused-ring (bicyclic) bond motifs is 3. The molecule has 0 fully saturated rings. The van der Waals surface area contributed by atoms with Crippen molar-refractivity contribution < 1.29 is 8.42 Å². The zero-order chi connectivity index (χ0) is 12.8. The molecule has 0 spiro atoms. The zero-order valence-corrected chi connectivity index (χ0v) is 10.9. The van der Waals surface area contributed by atoms with Gasteiger partial charge in [0.15, 0.2) is 9.84 Å². The molecule has 2 nitrogen and oxygen atoms in total. The summed E-state index contributed by atoms with van der Waals surface area (Å²) < 4.78 is 23.9. The summed E-state index contributed by atoms with van der Waals surface area (Å²) in [6, 6.07) is 15.8. The molecular weight excluding hydrogens is 244 g/mol. The lowest BCUT2D eigenvalue weighted by molar-refractivity contribution is 0.586. The highest BCUT2D eigenvalue weighted by Gasteiger charge is 2.30. The fourth-order valence-corrected chi connectivity index (χ4v) is 3.82. The second kappa shape index (κ2) is 3.95. The van der Waals surface area contributed by atoms with Crippen molar-refractivity contribution in [3.8, 4) is 11.1 Å². The third kappa shape index (κ3) is 1.75. The van der Waals surface area contributed by atoms with Crippen molar-refractivity contribution in [2.45, 2.75) is 11.7 Å². The number of hydrogen-bond acceptors (Lipinski definition) is 2. The Hall–Kier alpha value is -1.61. The SMILES string of the molecule is CS(=O)(=O)[C@@H]1Cc2ccccc2-c2ccccc21. The van der Waals surface area contributed by atoms with E-state index in [-0.39, 0.29) is 0 Å². The van der Waals surface area contributed by atoms with E-state index >= 15 is 0 Å². The van der Waals surface area contributed by atoms with Gasteiger partial charge in [-0.25, -0.2) is 8.42 Å². The van der Waals surface area contributed by atoms with Crippen LogP contribution in [-0.4, -0.2) is 14.7 Å². The predicted molar refractivity (Wildman–Crippen MR) is 73.2 cm³/mol. The second-order valence-electron chi connectivity index (χ2n) is 4.77. The van der Waals surface area contributed by atoms with E-state index in [4.69, 9.17) is 0 Å². The van der Waals surface area contributed by atoms with Crippen molar-refractivity contribution >= 4 is 9.84 Å². The molecule has 1 aliphatic carbocycles. The van der Waals surface area contributed by atoms with Crippen molar-refractivity contribution in [1.29, 1.82) is 0 Å². The fourth-order valence-electron chi connectivity index (χ4n) is 2.68. The van der Waals surface area contributed by atoms with Crippen LogP contribution in [0.2, 0.25) is 0 Å². The van der Waals surface area contributed by atoms with Crippen molar-refractivity contribution in [1.82, 2.24) is 0 Å². The highest BCUT2D eigenvalue weighted by atomic mass is 32.2. The highest BCUT2D eigenvalue weighted by Crippen LogP contribution is 2.41. The molecule has 0 amide bonds. The Balaban J connectivity index is 2.30. The summed E-state index contributed by atoms with van der Waals surface area (Å²) in [6.45, 7) is 0. The molecule has 3 heteroatoms. The Kier molecular flexibility index (Phi) is 2.52. The van der Waals surface area contributed by atoms with Gasteiger partial charge in [-0.2, -0.15) is 0 Å². The summed E-state index contributed by atoms with van der Waals surface area (Å²) in [5.41, 5.74) is 4.26. The molecule has 0 saturated heterocycles. The average Bonchev–Trinajstić information content (AvgIpc) is 2.37. The first kappa shape index (κ1) is 11.5. The Morgan fingerprint density at radius 1 is 0.944 bits per heavy atom. The summed E-state index contributed by atoms with van der Waals surface area (Å²) in [5, 5.41) is -0.413. The molecule has 3 rings (SSSR count). The van der Waals surface area contributed by atoms with Crippen LogP contribution in [0, 0.1) is 0 Å². The van der Waals surface area contributed by atoms with E-state index in [0.29, 0.717) is 6.42 Å². The first-order chi connectivity index (χ1) is 8.57. The van der Waals surface area contributed by atoms with Crippen LogP contribution in [0.1, 0.15) is 16.4 Å². The number of benzene rings is 2. The van der Waals surface area contributed by atoms with Gasteiger partial charge in [-0.05, 0) is 28.7 Å². The second-order valence-corrected chi connectivity index (χ2v) is 6.99. The van der Waals surface area contributed by atoms with E-state index < -0.39 is 15.1 Å². The first-order valence-corrected chi connectivity index (χ1v) is 7.89. The maximum Gasteiger partial charge on any atom is 0.154 e. The molecule has 0 aromatic heterocycles. The molecule has 0 unspecified atom stereocenters. The average molecular weight is 258 g/mol. The van der Waals surface area contributed by atoms with Crippen molar-refractivity contribution in [2.24, 2.45) is 0 Å². The van der Waals surface area contributed by atoms with Crippen LogP contribution in [0.3, 0.4) is 0 Å². The third-order valence-electron chi connectivity index (χ3n) is 3.54. The number of rotatable bonds is 1. The quantitative estimate of drug-likeness (QED) is 0.788. The summed E-state index contributed by atoms with van der Waals surface area (Å²) in [4.78, 5) is 0. The van der Waals surface area contributed by atoms with Gasteiger partial charge in [0.1, 0.15) is 0 Å². The smallest absolute Gasteiger partial charge is 0.154 e. The third-order valence-corrected chi connectivity index (χ3v) is 4.99. The largest absolute Gasteiger partial charge is 0.228 e. The highest BCUT2D eigenvalue weighted by molar-refractivity contribution is 7.90.